The van der Waals surface area contributed by atoms with Crippen molar-refractivity contribution in [2.24, 2.45) is 0 Å². The molecule has 0 radical (unpaired) electrons. The number of rotatable bonds is 4. The fraction of sp³-hybridized carbons (Fsp3) is 0.0690. The molecule has 0 spiro atoms. The summed E-state index contributed by atoms with van der Waals surface area (Å²) in [6.07, 6.45) is 3.66. The van der Waals surface area contributed by atoms with Gasteiger partial charge in [0.15, 0.2) is 5.82 Å². The second-order valence-electron chi connectivity index (χ2n) is 8.50. The van der Waals surface area contributed by atoms with Crippen LogP contribution >= 0.6 is 0 Å². The van der Waals surface area contributed by atoms with Crippen molar-refractivity contribution in [2.75, 3.05) is 0 Å². The van der Waals surface area contributed by atoms with Gasteiger partial charge in [0.1, 0.15) is 12.7 Å². The van der Waals surface area contributed by atoms with Crippen LogP contribution in [0.2, 0.25) is 0 Å². The van der Waals surface area contributed by atoms with E-state index in [1.54, 1.807) is 6.33 Å². The zero-order valence-electron chi connectivity index (χ0n) is 19.1. The summed E-state index contributed by atoms with van der Waals surface area (Å²) in [7, 11) is 0. The number of fused-ring (bicyclic) bond motifs is 1. The molecule has 0 aliphatic rings. The molecule has 0 bridgehead atoms. The summed E-state index contributed by atoms with van der Waals surface area (Å²) in [5, 5.41) is 8.73. The zero-order chi connectivity index (χ0) is 23.1. The van der Waals surface area contributed by atoms with Crippen molar-refractivity contribution < 1.29 is 0 Å². The van der Waals surface area contributed by atoms with Crippen molar-refractivity contribution in [1.82, 2.24) is 24.3 Å². The number of aryl methyl sites for hydroxylation is 2. The smallest absolute Gasteiger partial charge is 0.168 e. The highest BCUT2D eigenvalue weighted by Gasteiger charge is 2.16. The first-order valence-electron chi connectivity index (χ1n) is 11.3. The third-order valence-corrected chi connectivity index (χ3v) is 6.23. The van der Waals surface area contributed by atoms with E-state index in [9.17, 15) is 0 Å². The van der Waals surface area contributed by atoms with E-state index < -0.39 is 0 Å². The predicted molar refractivity (Wildman–Crippen MR) is 136 cm³/mol. The largest absolute Gasteiger partial charge is 0.299 e. The van der Waals surface area contributed by atoms with Gasteiger partial charge in [-0.25, -0.2) is 4.98 Å². The molecule has 0 aliphatic carbocycles. The zero-order valence-corrected chi connectivity index (χ0v) is 19.1. The number of aromatic nitrogens is 5. The molecule has 164 valence electrons. The van der Waals surface area contributed by atoms with E-state index in [1.165, 1.54) is 22.3 Å². The van der Waals surface area contributed by atoms with E-state index in [-0.39, 0.29) is 0 Å². The minimum absolute atomic E-state index is 0.801. The molecular weight excluding hydrogens is 418 g/mol. The molecule has 0 saturated carbocycles. The first-order chi connectivity index (χ1) is 16.7. The lowest BCUT2D eigenvalue weighted by Gasteiger charge is -2.15. The molecule has 6 aromatic rings. The van der Waals surface area contributed by atoms with E-state index >= 15 is 0 Å². The molecule has 6 rings (SSSR count). The van der Waals surface area contributed by atoms with Crippen molar-refractivity contribution in [3.63, 3.8) is 0 Å². The predicted octanol–water partition coefficient (Wildman–Crippen LogP) is 6.56. The summed E-state index contributed by atoms with van der Waals surface area (Å²) in [6, 6.07) is 31.4. The van der Waals surface area contributed by atoms with Crippen molar-refractivity contribution in [2.45, 2.75) is 13.8 Å². The van der Waals surface area contributed by atoms with Crippen molar-refractivity contribution >= 4 is 11.0 Å². The Kier molecular flexibility index (Phi) is 4.81. The van der Waals surface area contributed by atoms with Crippen LogP contribution in [0.1, 0.15) is 11.1 Å². The lowest BCUT2D eigenvalue weighted by Crippen LogP contribution is -2.02. The van der Waals surface area contributed by atoms with Crippen LogP contribution < -0.4 is 0 Å². The molecule has 5 nitrogen and oxygen atoms in total. The monoisotopic (exact) mass is 441 g/mol. The highest BCUT2D eigenvalue weighted by atomic mass is 15.3. The molecule has 2 heterocycles. The quantitative estimate of drug-likeness (QED) is 0.311. The van der Waals surface area contributed by atoms with Gasteiger partial charge >= 0.3 is 0 Å². The van der Waals surface area contributed by atoms with E-state index in [1.807, 2.05) is 30.6 Å². The lowest BCUT2D eigenvalue weighted by atomic mass is 9.98. The number of imidazole rings is 1. The number of benzene rings is 4. The molecule has 0 unspecified atom stereocenters. The van der Waals surface area contributed by atoms with Gasteiger partial charge in [0.2, 0.25) is 0 Å². The molecule has 0 N–H and O–H groups in total. The summed E-state index contributed by atoms with van der Waals surface area (Å²) >= 11 is 0. The fourth-order valence-corrected chi connectivity index (χ4v) is 4.67. The molecule has 0 atom stereocenters. The van der Waals surface area contributed by atoms with Gasteiger partial charge in [0.25, 0.3) is 0 Å². The number of nitrogens with zero attached hydrogens (tertiary/aromatic N) is 5. The van der Waals surface area contributed by atoms with Crippen LogP contribution in [0.25, 0.3) is 44.9 Å². The summed E-state index contributed by atoms with van der Waals surface area (Å²) in [5.41, 5.74) is 9.92. The standard InChI is InChI=1S/C29H23N5/c1-20-15-24(22-9-5-3-6-10-22)16-21(2)28(20)34-19-31-32-29(34)23-13-14-27-26(17-23)30-18-33(27)25-11-7-4-8-12-25/h3-19H,1-2H3. The van der Waals surface area contributed by atoms with Gasteiger partial charge in [0.05, 0.1) is 16.7 Å². The van der Waals surface area contributed by atoms with E-state index in [0.29, 0.717) is 0 Å². The number of hydrogen-bond acceptors (Lipinski definition) is 3. The Morgan fingerprint density at radius 2 is 1.32 bits per heavy atom. The van der Waals surface area contributed by atoms with E-state index in [0.717, 1.165) is 33.8 Å². The maximum atomic E-state index is 4.65. The molecule has 0 aliphatic heterocycles. The molecular formula is C29H23N5. The van der Waals surface area contributed by atoms with Crippen LogP contribution in [-0.2, 0) is 0 Å². The summed E-state index contributed by atoms with van der Waals surface area (Å²) in [5.74, 6) is 0.801. The Labute approximate surface area is 198 Å². The average molecular weight is 442 g/mol. The van der Waals surface area contributed by atoms with Gasteiger partial charge in [-0.15, -0.1) is 10.2 Å². The Hall–Kier alpha value is -4.51. The minimum Gasteiger partial charge on any atom is -0.299 e. The van der Waals surface area contributed by atoms with Gasteiger partial charge < -0.3 is 0 Å². The SMILES string of the molecule is Cc1cc(-c2ccccc2)cc(C)c1-n1cnnc1-c1ccc2c(c1)ncn2-c1ccccc1. The molecule has 0 saturated heterocycles. The fourth-order valence-electron chi connectivity index (χ4n) is 4.67. The number of hydrogen-bond donors (Lipinski definition) is 0. The normalized spacial score (nSPS) is 11.2. The summed E-state index contributed by atoms with van der Waals surface area (Å²) < 4.78 is 4.18. The Morgan fingerprint density at radius 1 is 0.618 bits per heavy atom. The first-order valence-corrected chi connectivity index (χ1v) is 11.3. The van der Waals surface area contributed by atoms with E-state index in [4.69, 9.17) is 0 Å². The Bertz CT molecular complexity index is 1590. The highest BCUT2D eigenvalue weighted by Crippen LogP contribution is 2.31. The van der Waals surface area contributed by atoms with Gasteiger partial charge in [-0.1, -0.05) is 48.5 Å². The van der Waals surface area contributed by atoms with Crippen molar-refractivity contribution in [3.05, 3.63) is 115 Å². The Morgan fingerprint density at radius 3 is 2.06 bits per heavy atom. The minimum atomic E-state index is 0.801. The Balaban J connectivity index is 1.43. The average Bonchev–Trinajstić information content (AvgIpc) is 3.52. The molecule has 5 heteroatoms. The van der Waals surface area contributed by atoms with Crippen LogP contribution in [-0.4, -0.2) is 24.3 Å². The maximum Gasteiger partial charge on any atom is 0.168 e. The second-order valence-corrected chi connectivity index (χ2v) is 8.50. The molecule has 2 aromatic heterocycles. The third kappa shape index (κ3) is 3.39. The summed E-state index contributed by atoms with van der Waals surface area (Å²) in [6.45, 7) is 4.28. The van der Waals surface area contributed by atoms with Crippen molar-refractivity contribution in [3.8, 4) is 33.9 Å². The van der Waals surface area contributed by atoms with Crippen LogP contribution in [0.3, 0.4) is 0 Å². The topological polar surface area (TPSA) is 48.5 Å². The second kappa shape index (κ2) is 8.12. The molecule has 0 amide bonds. The number of para-hydroxylation sites is 1. The van der Waals surface area contributed by atoms with Crippen LogP contribution in [0.5, 0.6) is 0 Å². The molecule has 0 fully saturated rings. The first kappa shape index (κ1) is 20.1. The van der Waals surface area contributed by atoms with Crippen molar-refractivity contribution in [1.29, 1.82) is 0 Å². The molecule has 34 heavy (non-hydrogen) atoms. The summed E-state index contributed by atoms with van der Waals surface area (Å²) in [4.78, 5) is 4.65. The molecule has 4 aromatic carbocycles. The van der Waals surface area contributed by atoms with Crippen LogP contribution in [0.4, 0.5) is 0 Å². The van der Waals surface area contributed by atoms with Crippen LogP contribution in [0.15, 0.2) is 104 Å². The van der Waals surface area contributed by atoms with Gasteiger partial charge in [-0.05, 0) is 78.6 Å². The van der Waals surface area contributed by atoms with E-state index in [2.05, 4.69) is 105 Å². The van der Waals surface area contributed by atoms with Gasteiger partial charge in [-0.2, -0.15) is 0 Å². The lowest BCUT2D eigenvalue weighted by molar-refractivity contribution is 1.03. The third-order valence-electron chi connectivity index (χ3n) is 6.23. The maximum absolute atomic E-state index is 4.65. The van der Waals surface area contributed by atoms with Gasteiger partial charge in [-0.3, -0.25) is 9.13 Å². The van der Waals surface area contributed by atoms with Crippen LogP contribution in [0, 0.1) is 13.8 Å². The highest BCUT2D eigenvalue weighted by molar-refractivity contribution is 5.82. The van der Waals surface area contributed by atoms with Gasteiger partial charge in [0, 0.05) is 11.3 Å².